The average molecular weight is 531 g/mol. The van der Waals surface area contributed by atoms with Crippen molar-refractivity contribution in [3.8, 4) is 23.0 Å². The van der Waals surface area contributed by atoms with Gasteiger partial charge in [0.2, 0.25) is 0 Å². The molecule has 0 amide bonds. The Bertz CT molecular complexity index is 1270. The molecule has 39 heavy (non-hydrogen) atoms. The van der Waals surface area contributed by atoms with Crippen LogP contribution in [-0.4, -0.2) is 38.7 Å². The molecule has 7 heteroatoms. The van der Waals surface area contributed by atoms with Gasteiger partial charge in [0.05, 0.1) is 14.2 Å². The van der Waals surface area contributed by atoms with E-state index in [1.54, 1.807) is 26.4 Å². The molecule has 0 radical (unpaired) electrons. The molecule has 0 saturated carbocycles. The van der Waals surface area contributed by atoms with Gasteiger partial charge in [0.15, 0.2) is 23.0 Å². The third kappa shape index (κ3) is 6.41. The van der Waals surface area contributed by atoms with E-state index in [1.165, 1.54) is 0 Å². The lowest BCUT2D eigenvalue weighted by Gasteiger charge is -2.17. The van der Waals surface area contributed by atoms with Gasteiger partial charge >= 0.3 is 0 Å². The van der Waals surface area contributed by atoms with Crippen LogP contribution in [0.5, 0.6) is 23.0 Å². The van der Waals surface area contributed by atoms with Crippen molar-refractivity contribution in [2.24, 2.45) is 9.98 Å². The van der Waals surface area contributed by atoms with E-state index in [4.69, 9.17) is 18.9 Å². The maximum Gasteiger partial charge on any atom is 0.161 e. The summed E-state index contributed by atoms with van der Waals surface area (Å²) in [5, 5.41) is 0. The van der Waals surface area contributed by atoms with E-state index in [-0.39, 0.29) is 19.0 Å². The third-order valence-corrected chi connectivity index (χ3v) is 7.17. The molecule has 0 bridgehead atoms. The number of aliphatic imine (C=N–C) groups is 2. The van der Waals surface area contributed by atoms with E-state index in [0.717, 1.165) is 74.2 Å². The van der Waals surface area contributed by atoms with E-state index >= 15 is 4.39 Å². The summed E-state index contributed by atoms with van der Waals surface area (Å²) in [5.74, 6) is 1.99. The van der Waals surface area contributed by atoms with E-state index in [0.29, 0.717) is 34.1 Å². The Kier molecular flexibility index (Phi) is 8.76. The first kappa shape index (κ1) is 26.7. The van der Waals surface area contributed by atoms with E-state index in [1.807, 2.05) is 42.5 Å². The van der Waals surface area contributed by atoms with Gasteiger partial charge in [-0.15, -0.1) is 0 Å². The van der Waals surface area contributed by atoms with Crippen molar-refractivity contribution in [1.82, 2.24) is 0 Å². The first-order valence-corrected chi connectivity index (χ1v) is 13.6. The van der Waals surface area contributed by atoms with Crippen LogP contribution in [0, 0.1) is 5.82 Å². The van der Waals surface area contributed by atoms with Gasteiger partial charge in [-0.25, -0.2) is 4.39 Å². The first-order chi connectivity index (χ1) is 19.2. The van der Waals surface area contributed by atoms with E-state index in [2.05, 4.69) is 9.98 Å². The first-order valence-electron chi connectivity index (χ1n) is 13.6. The maximum absolute atomic E-state index is 15.4. The van der Waals surface area contributed by atoms with Crippen LogP contribution in [0.3, 0.4) is 0 Å². The monoisotopic (exact) mass is 530 g/mol. The van der Waals surface area contributed by atoms with Crippen molar-refractivity contribution in [2.45, 2.75) is 51.7 Å². The number of rotatable bonds is 10. The van der Waals surface area contributed by atoms with E-state index < -0.39 is 0 Å². The summed E-state index contributed by atoms with van der Waals surface area (Å²) in [7, 11) is 3.22. The molecule has 3 aromatic carbocycles. The molecule has 0 atom stereocenters. The second-order valence-corrected chi connectivity index (χ2v) is 9.77. The van der Waals surface area contributed by atoms with Crippen molar-refractivity contribution in [3.05, 3.63) is 82.7 Å². The summed E-state index contributed by atoms with van der Waals surface area (Å²) in [6, 6.07) is 16.8. The van der Waals surface area contributed by atoms with Crippen molar-refractivity contribution in [1.29, 1.82) is 0 Å². The lowest BCUT2D eigenvalue weighted by Crippen LogP contribution is -2.09. The van der Waals surface area contributed by atoms with Gasteiger partial charge in [-0.3, -0.25) is 9.98 Å². The largest absolute Gasteiger partial charge is 0.493 e. The Labute approximate surface area is 229 Å². The van der Waals surface area contributed by atoms with E-state index in [9.17, 15) is 0 Å². The Hall–Kier alpha value is -3.87. The third-order valence-electron chi connectivity index (χ3n) is 7.17. The van der Waals surface area contributed by atoms with Crippen molar-refractivity contribution in [2.75, 3.05) is 27.3 Å². The van der Waals surface area contributed by atoms with Gasteiger partial charge in [-0.05, 0) is 86.1 Å². The lowest BCUT2D eigenvalue weighted by atomic mass is 10.0. The standard InChI is InChI=1S/C32H35FN2O4/c1-36-30-18-22(26-10-3-5-16-34-26)12-14-28(30)38-20-24-8-7-9-25(32(24)33)21-39-29-15-13-23(19-31(29)37-2)27-11-4-6-17-35-27/h7-9,12-15,18-19H,3-6,10-11,16-17,20-21H2,1-2H3. The van der Waals surface area contributed by atoms with Crippen molar-refractivity contribution >= 4 is 11.4 Å². The highest BCUT2D eigenvalue weighted by atomic mass is 19.1. The molecular weight excluding hydrogens is 495 g/mol. The Balaban J connectivity index is 1.25. The minimum atomic E-state index is -0.350. The molecular formula is C32H35FN2O4. The molecule has 0 saturated heterocycles. The van der Waals surface area contributed by atoms with Gasteiger partial charge in [-0.2, -0.15) is 0 Å². The topological polar surface area (TPSA) is 61.6 Å². The smallest absolute Gasteiger partial charge is 0.161 e. The number of hydrogen-bond donors (Lipinski definition) is 0. The number of halogens is 1. The second-order valence-electron chi connectivity index (χ2n) is 9.77. The molecule has 5 rings (SSSR count). The summed E-state index contributed by atoms with van der Waals surface area (Å²) in [5.41, 5.74) is 5.16. The highest BCUT2D eigenvalue weighted by molar-refractivity contribution is 6.02. The maximum atomic E-state index is 15.4. The van der Waals surface area contributed by atoms with Gasteiger partial charge in [0.25, 0.3) is 0 Å². The fourth-order valence-electron chi connectivity index (χ4n) is 4.97. The zero-order valence-electron chi connectivity index (χ0n) is 22.7. The molecule has 0 aromatic heterocycles. The van der Waals surface area contributed by atoms with Gasteiger partial charge < -0.3 is 18.9 Å². The minimum Gasteiger partial charge on any atom is -0.493 e. The highest BCUT2D eigenvalue weighted by Gasteiger charge is 2.16. The Morgan fingerprint density at radius 3 is 1.54 bits per heavy atom. The van der Waals surface area contributed by atoms with Gasteiger partial charge in [0.1, 0.15) is 19.0 Å². The SMILES string of the molecule is COc1cc(C2=NCCCC2)ccc1OCc1cccc(COc2ccc(C3=NCCCC3)cc2OC)c1F. The molecule has 0 N–H and O–H groups in total. The van der Waals surface area contributed by atoms with Gasteiger partial charge in [0, 0.05) is 35.6 Å². The highest BCUT2D eigenvalue weighted by Crippen LogP contribution is 2.32. The fourth-order valence-corrected chi connectivity index (χ4v) is 4.97. The molecule has 0 unspecified atom stereocenters. The summed E-state index contributed by atoms with van der Waals surface area (Å²) >= 11 is 0. The second kappa shape index (κ2) is 12.8. The van der Waals surface area contributed by atoms with Crippen molar-refractivity contribution < 1.29 is 23.3 Å². The number of methoxy groups -OCH3 is 2. The molecule has 2 aliphatic rings. The Morgan fingerprint density at radius 1 is 0.641 bits per heavy atom. The molecule has 3 aromatic rings. The predicted molar refractivity (Wildman–Crippen MR) is 152 cm³/mol. The zero-order chi connectivity index (χ0) is 27.0. The normalized spacial score (nSPS) is 15.3. The average Bonchev–Trinajstić information content (AvgIpc) is 3.00. The van der Waals surface area contributed by atoms with Crippen LogP contribution < -0.4 is 18.9 Å². The zero-order valence-corrected chi connectivity index (χ0v) is 22.7. The summed E-state index contributed by atoms with van der Waals surface area (Å²) in [6.07, 6.45) is 6.49. The van der Waals surface area contributed by atoms with Crippen molar-refractivity contribution in [3.63, 3.8) is 0 Å². The predicted octanol–water partition coefficient (Wildman–Crippen LogP) is 6.95. The molecule has 204 valence electrons. The molecule has 0 spiro atoms. The number of nitrogens with zero attached hydrogens (tertiary/aromatic N) is 2. The van der Waals surface area contributed by atoms with Crippen LogP contribution in [0.2, 0.25) is 0 Å². The molecule has 2 aliphatic heterocycles. The van der Waals surface area contributed by atoms with Gasteiger partial charge in [-0.1, -0.05) is 18.2 Å². The van der Waals surface area contributed by atoms with Crippen LogP contribution in [0.4, 0.5) is 4.39 Å². The summed E-state index contributed by atoms with van der Waals surface area (Å²) < 4.78 is 38.5. The minimum absolute atomic E-state index is 0.0659. The molecule has 0 aliphatic carbocycles. The molecule has 6 nitrogen and oxygen atoms in total. The summed E-state index contributed by atoms with van der Waals surface area (Å²) in [6.45, 7) is 1.86. The summed E-state index contributed by atoms with van der Waals surface area (Å²) in [4.78, 5) is 9.28. The molecule has 0 fully saturated rings. The number of hydrogen-bond acceptors (Lipinski definition) is 6. The van der Waals surface area contributed by atoms with Crippen LogP contribution >= 0.6 is 0 Å². The quantitative estimate of drug-likeness (QED) is 0.285. The van der Waals surface area contributed by atoms with Crippen LogP contribution in [0.1, 0.15) is 60.8 Å². The number of benzene rings is 3. The Morgan fingerprint density at radius 2 is 1.13 bits per heavy atom. The van der Waals surface area contributed by atoms with Crippen LogP contribution in [0.15, 0.2) is 64.6 Å². The number of ether oxygens (including phenoxy) is 4. The van der Waals surface area contributed by atoms with Crippen LogP contribution in [0.25, 0.3) is 0 Å². The fraction of sp³-hybridized carbons (Fsp3) is 0.375. The molecule has 2 heterocycles. The lowest BCUT2D eigenvalue weighted by molar-refractivity contribution is 0.270. The van der Waals surface area contributed by atoms with Crippen LogP contribution in [-0.2, 0) is 13.2 Å².